The van der Waals surface area contributed by atoms with Crippen LogP contribution in [0.15, 0.2) is 18.2 Å². The first-order chi connectivity index (χ1) is 7.40. The summed E-state index contributed by atoms with van der Waals surface area (Å²) in [6, 6.07) is 5.25. The fraction of sp³-hybridized carbons (Fsp3) is 0.462. The van der Waals surface area contributed by atoms with Crippen molar-refractivity contribution >= 4 is 11.7 Å². The number of ether oxygens (including phenoxy) is 1. The molecule has 88 valence electrons. The molecule has 1 rings (SSSR count). The molecule has 16 heavy (non-hydrogen) atoms. The molecule has 0 amide bonds. The Morgan fingerprint density at radius 3 is 2.38 bits per heavy atom. The Hall–Kier alpha value is -1.51. The minimum atomic E-state index is -0.309. The minimum absolute atomic E-state index is 0.0887. The first kappa shape index (κ1) is 12.6. The van der Waals surface area contributed by atoms with Gasteiger partial charge in [-0.1, -0.05) is 13.8 Å². The molecule has 0 aliphatic carbocycles. The van der Waals surface area contributed by atoms with E-state index in [1.807, 2.05) is 33.8 Å². The highest BCUT2D eigenvalue weighted by Gasteiger charge is 2.15. The van der Waals surface area contributed by atoms with Gasteiger partial charge in [-0.25, -0.2) is 4.79 Å². The van der Waals surface area contributed by atoms with Crippen LogP contribution in [0.2, 0.25) is 0 Å². The van der Waals surface area contributed by atoms with Gasteiger partial charge in [0.2, 0.25) is 0 Å². The molecule has 0 saturated carbocycles. The van der Waals surface area contributed by atoms with E-state index in [-0.39, 0.29) is 12.1 Å². The van der Waals surface area contributed by atoms with Crippen LogP contribution >= 0.6 is 0 Å². The van der Waals surface area contributed by atoms with Crippen LogP contribution in [0.3, 0.4) is 0 Å². The normalized spacial score (nSPS) is 12.6. The van der Waals surface area contributed by atoms with Crippen molar-refractivity contribution in [1.82, 2.24) is 0 Å². The van der Waals surface area contributed by atoms with E-state index in [1.165, 1.54) is 0 Å². The van der Waals surface area contributed by atoms with Crippen molar-refractivity contribution in [2.24, 2.45) is 5.92 Å². The van der Waals surface area contributed by atoms with Gasteiger partial charge in [0.1, 0.15) is 6.10 Å². The van der Waals surface area contributed by atoms with E-state index < -0.39 is 0 Å². The van der Waals surface area contributed by atoms with Gasteiger partial charge < -0.3 is 10.5 Å². The molecule has 1 atom stereocenters. The number of aryl methyl sites for hydroxylation is 1. The number of hydrogen-bond donors (Lipinski definition) is 1. The highest BCUT2D eigenvalue weighted by molar-refractivity contribution is 5.90. The molecule has 0 aliphatic rings. The van der Waals surface area contributed by atoms with Crippen molar-refractivity contribution in [3.05, 3.63) is 29.3 Å². The van der Waals surface area contributed by atoms with Crippen LogP contribution in [-0.4, -0.2) is 12.1 Å². The van der Waals surface area contributed by atoms with E-state index in [1.54, 1.807) is 12.1 Å². The molecule has 0 heterocycles. The van der Waals surface area contributed by atoms with Gasteiger partial charge in [-0.2, -0.15) is 0 Å². The first-order valence-electron chi connectivity index (χ1n) is 5.48. The van der Waals surface area contributed by atoms with Gasteiger partial charge >= 0.3 is 5.97 Å². The van der Waals surface area contributed by atoms with E-state index in [0.717, 1.165) is 5.56 Å². The zero-order valence-corrected chi connectivity index (χ0v) is 10.3. The van der Waals surface area contributed by atoms with Gasteiger partial charge in [-0.15, -0.1) is 0 Å². The van der Waals surface area contributed by atoms with Crippen molar-refractivity contribution in [2.75, 3.05) is 5.73 Å². The minimum Gasteiger partial charge on any atom is -0.459 e. The quantitative estimate of drug-likeness (QED) is 0.630. The lowest BCUT2D eigenvalue weighted by Crippen LogP contribution is -2.20. The number of hydrogen-bond acceptors (Lipinski definition) is 3. The third kappa shape index (κ3) is 3.26. The van der Waals surface area contributed by atoms with Crippen LogP contribution < -0.4 is 5.73 Å². The highest BCUT2D eigenvalue weighted by Crippen LogP contribution is 2.14. The number of carbonyl (C=O) groups is 1. The molecule has 0 saturated heterocycles. The van der Waals surface area contributed by atoms with Crippen LogP contribution in [-0.2, 0) is 4.74 Å². The number of esters is 1. The summed E-state index contributed by atoms with van der Waals surface area (Å²) in [6.07, 6.45) is -0.0887. The van der Waals surface area contributed by atoms with Crippen molar-refractivity contribution in [3.8, 4) is 0 Å². The molecule has 3 heteroatoms. The lowest BCUT2D eigenvalue weighted by Gasteiger charge is -2.16. The summed E-state index contributed by atoms with van der Waals surface area (Å²) in [4.78, 5) is 11.8. The molecule has 1 aromatic rings. The van der Waals surface area contributed by atoms with Crippen LogP contribution in [0, 0.1) is 12.8 Å². The third-order valence-electron chi connectivity index (χ3n) is 2.57. The van der Waals surface area contributed by atoms with Crippen molar-refractivity contribution in [1.29, 1.82) is 0 Å². The molecule has 2 N–H and O–H groups in total. The fourth-order valence-corrected chi connectivity index (χ4v) is 1.30. The Kier molecular flexibility index (Phi) is 3.93. The number of nitrogen functional groups attached to an aromatic ring is 1. The fourth-order valence-electron chi connectivity index (χ4n) is 1.30. The number of rotatable bonds is 3. The summed E-state index contributed by atoms with van der Waals surface area (Å²) >= 11 is 0. The Morgan fingerprint density at radius 2 is 1.88 bits per heavy atom. The standard InChI is InChI=1S/C13H19NO2/c1-8(2)10(4)16-13(15)11-5-9(3)6-12(14)7-11/h5-8,10H,14H2,1-4H3. The molecule has 0 spiro atoms. The Balaban J connectivity index is 2.80. The molecule has 1 unspecified atom stereocenters. The second-order valence-corrected chi connectivity index (χ2v) is 4.49. The zero-order chi connectivity index (χ0) is 12.3. The molecular formula is C13H19NO2. The molecule has 1 aromatic carbocycles. The van der Waals surface area contributed by atoms with Crippen molar-refractivity contribution in [2.45, 2.75) is 33.8 Å². The summed E-state index contributed by atoms with van der Waals surface area (Å²) < 4.78 is 5.31. The van der Waals surface area contributed by atoms with Crippen LogP contribution in [0.25, 0.3) is 0 Å². The molecule has 0 bridgehead atoms. The average molecular weight is 221 g/mol. The maximum Gasteiger partial charge on any atom is 0.338 e. The predicted octanol–water partition coefficient (Wildman–Crippen LogP) is 2.78. The largest absolute Gasteiger partial charge is 0.459 e. The van der Waals surface area contributed by atoms with E-state index in [2.05, 4.69) is 0 Å². The van der Waals surface area contributed by atoms with E-state index in [4.69, 9.17) is 10.5 Å². The number of nitrogens with two attached hydrogens (primary N) is 1. The summed E-state index contributed by atoms with van der Waals surface area (Å²) in [5, 5.41) is 0. The van der Waals surface area contributed by atoms with Gasteiger partial charge in [0, 0.05) is 5.69 Å². The molecule has 0 fully saturated rings. The Labute approximate surface area is 96.6 Å². The van der Waals surface area contributed by atoms with Gasteiger partial charge in [-0.05, 0) is 43.5 Å². The smallest absolute Gasteiger partial charge is 0.338 e. The van der Waals surface area contributed by atoms with Crippen molar-refractivity contribution < 1.29 is 9.53 Å². The lowest BCUT2D eigenvalue weighted by atomic mass is 10.1. The summed E-state index contributed by atoms with van der Waals surface area (Å²) in [6.45, 7) is 7.83. The molecular weight excluding hydrogens is 202 g/mol. The maximum atomic E-state index is 11.8. The predicted molar refractivity (Wildman–Crippen MR) is 65.3 cm³/mol. The second-order valence-electron chi connectivity index (χ2n) is 4.49. The maximum absolute atomic E-state index is 11.8. The third-order valence-corrected chi connectivity index (χ3v) is 2.57. The summed E-state index contributed by atoms with van der Waals surface area (Å²) in [7, 11) is 0. The summed E-state index contributed by atoms with van der Waals surface area (Å²) in [5.41, 5.74) is 7.75. The topological polar surface area (TPSA) is 52.3 Å². The second kappa shape index (κ2) is 5.01. The van der Waals surface area contributed by atoms with Crippen LogP contribution in [0.5, 0.6) is 0 Å². The first-order valence-corrected chi connectivity index (χ1v) is 5.48. The van der Waals surface area contributed by atoms with E-state index in [9.17, 15) is 4.79 Å². The van der Waals surface area contributed by atoms with Gasteiger partial charge in [-0.3, -0.25) is 0 Å². The van der Waals surface area contributed by atoms with E-state index in [0.29, 0.717) is 17.2 Å². The molecule has 0 aromatic heterocycles. The summed E-state index contributed by atoms with van der Waals surface area (Å²) in [5.74, 6) is 0.00251. The van der Waals surface area contributed by atoms with Crippen molar-refractivity contribution in [3.63, 3.8) is 0 Å². The SMILES string of the molecule is Cc1cc(N)cc(C(=O)OC(C)C(C)C)c1. The average Bonchev–Trinajstić information content (AvgIpc) is 2.15. The van der Waals surface area contributed by atoms with Gasteiger partial charge in [0.15, 0.2) is 0 Å². The molecule has 0 radical (unpaired) electrons. The number of anilines is 1. The number of carbonyl (C=O) groups excluding carboxylic acids is 1. The Bertz CT molecular complexity index is 365. The van der Waals surface area contributed by atoms with Crippen LogP contribution in [0.4, 0.5) is 5.69 Å². The van der Waals surface area contributed by atoms with Crippen LogP contribution in [0.1, 0.15) is 36.7 Å². The van der Waals surface area contributed by atoms with E-state index >= 15 is 0 Å². The highest BCUT2D eigenvalue weighted by atomic mass is 16.5. The van der Waals surface area contributed by atoms with Gasteiger partial charge in [0.25, 0.3) is 0 Å². The molecule has 0 aliphatic heterocycles. The molecule has 3 nitrogen and oxygen atoms in total. The Morgan fingerprint density at radius 1 is 1.25 bits per heavy atom. The lowest BCUT2D eigenvalue weighted by molar-refractivity contribution is 0.0238. The monoisotopic (exact) mass is 221 g/mol. The van der Waals surface area contributed by atoms with Gasteiger partial charge in [0.05, 0.1) is 5.56 Å². The zero-order valence-electron chi connectivity index (χ0n) is 10.3. The number of benzene rings is 1.